The first kappa shape index (κ1) is 13.2. The fourth-order valence-electron chi connectivity index (χ4n) is 1.26. The van der Waals surface area contributed by atoms with E-state index in [0.717, 1.165) is 0 Å². The second-order valence-electron chi connectivity index (χ2n) is 3.60. The van der Waals surface area contributed by atoms with Crippen LogP contribution < -0.4 is 5.73 Å². The summed E-state index contributed by atoms with van der Waals surface area (Å²) < 4.78 is 5.45. The largest absolute Gasteiger partial charge is 0.457 e. The van der Waals surface area contributed by atoms with Crippen molar-refractivity contribution in [3.05, 3.63) is 22.6 Å². The van der Waals surface area contributed by atoms with Gasteiger partial charge in [0.25, 0.3) is 5.91 Å². The normalized spacial score (nSPS) is 10.5. The maximum atomic E-state index is 12.1. The zero-order valence-corrected chi connectivity index (χ0v) is 11.5. The smallest absolute Gasteiger partial charge is 0.258 e. The lowest BCUT2D eigenvalue weighted by Gasteiger charge is -2.25. The molecule has 0 aliphatic carbocycles. The monoisotopic (exact) mass is 304 g/mol. The Kier molecular flexibility index (Phi) is 4.49. The van der Waals surface area contributed by atoms with Crippen molar-refractivity contribution < 1.29 is 9.21 Å². The van der Waals surface area contributed by atoms with Crippen LogP contribution in [0.25, 0.3) is 0 Å². The van der Waals surface area contributed by atoms with Crippen LogP contribution in [0.2, 0.25) is 0 Å². The van der Waals surface area contributed by atoms with Gasteiger partial charge in [0.2, 0.25) is 0 Å². The van der Waals surface area contributed by atoms with Crippen LogP contribution in [-0.2, 0) is 0 Å². The van der Waals surface area contributed by atoms with E-state index in [0.29, 0.717) is 15.2 Å². The number of nitrogens with zero attached hydrogens (tertiary/aromatic N) is 1. The van der Waals surface area contributed by atoms with Gasteiger partial charge in [0, 0.05) is 6.04 Å². The first-order chi connectivity index (χ1) is 7.43. The van der Waals surface area contributed by atoms with Crippen molar-refractivity contribution in [3.8, 4) is 0 Å². The lowest BCUT2D eigenvalue weighted by molar-refractivity contribution is 0.0734. The van der Waals surface area contributed by atoms with E-state index in [1.54, 1.807) is 11.0 Å². The molecule has 4 nitrogen and oxygen atoms in total. The van der Waals surface area contributed by atoms with E-state index in [1.807, 2.05) is 13.8 Å². The zero-order chi connectivity index (χ0) is 12.3. The van der Waals surface area contributed by atoms with Gasteiger partial charge in [-0.3, -0.25) is 4.79 Å². The molecule has 0 aromatic carbocycles. The van der Waals surface area contributed by atoms with Crippen LogP contribution in [0.4, 0.5) is 0 Å². The second kappa shape index (κ2) is 5.45. The topological polar surface area (TPSA) is 59.5 Å². The fourth-order valence-corrected chi connectivity index (χ4v) is 1.81. The van der Waals surface area contributed by atoms with Gasteiger partial charge in [-0.1, -0.05) is 12.2 Å². The summed E-state index contributed by atoms with van der Waals surface area (Å²) in [6.45, 7) is 4.08. The highest BCUT2D eigenvalue weighted by atomic mass is 79.9. The molecular weight excluding hydrogens is 292 g/mol. The van der Waals surface area contributed by atoms with Crippen LogP contribution in [0.1, 0.15) is 24.2 Å². The van der Waals surface area contributed by atoms with Crippen LogP contribution in [0.5, 0.6) is 0 Å². The van der Waals surface area contributed by atoms with E-state index in [1.165, 1.54) is 6.26 Å². The lowest BCUT2D eigenvalue weighted by Crippen LogP contribution is -2.42. The summed E-state index contributed by atoms with van der Waals surface area (Å²) in [6, 6.07) is 1.64. The molecule has 0 fully saturated rings. The Hall–Kier alpha value is -0.880. The standard InChI is InChI=1S/C10H13BrN2O2S/c1-6(2)13(5-8(12)16)10(14)7-3-4-15-9(7)11/h3-4,6H,5H2,1-2H3,(H2,12,16). The third-order valence-corrected chi connectivity index (χ3v) is 2.80. The number of halogens is 1. The number of hydrogen-bond donors (Lipinski definition) is 1. The van der Waals surface area contributed by atoms with Crippen LogP contribution >= 0.6 is 28.1 Å². The molecule has 1 aromatic rings. The van der Waals surface area contributed by atoms with Gasteiger partial charge in [-0.05, 0) is 35.8 Å². The fraction of sp³-hybridized carbons (Fsp3) is 0.400. The number of carbonyl (C=O) groups is 1. The second-order valence-corrected chi connectivity index (χ2v) is 4.85. The van der Waals surface area contributed by atoms with Gasteiger partial charge in [-0.15, -0.1) is 0 Å². The van der Waals surface area contributed by atoms with Crippen molar-refractivity contribution in [1.82, 2.24) is 4.90 Å². The van der Waals surface area contributed by atoms with Crippen LogP contribution in [0.3, 0.4) is 0 Å². The third kappa shape index (κ3) is 3.05. The van der Waals surface area contributed by atoms with Gasteiger partial charge < -0.3 is 15.1 Å². The van der Waals surface area contributed by atoms with Crippen molar-refractivity contribution in [2.45, 2.75) is 19.9 Å². The van der Waals surface area contributed by atoms with Crippen LogP contribution in [0, 0.1) is 0 Å². The minimum atomic E-state index is -0.150. The Balaban J connectivity index is 2.92. The number of nitrogens with two attached hydrogens (primary N) is 1. The highest BCUT2D eigenvalue weighted by molar-refractivity contribution is 9.10. The molecule has 88 valence electrons. The molecule has 0 radical (unpaired) electrons. The molecule has 0 atom stereocenters. The SMILES string of the molecule is CC(C)N(CC(N)=S)C(=O)c1ccoc1Br. The predicted molar refractivity (Wildman–Crippen MR) is 69.4 cm³/mol. The van der Waals surface area contributed by atoms with Gasteiger partial charge >= 0.3 is 0 Å². The number of hydrogen-bond acceptors (Lipinski definition) is 3. The van der Waals surface area contributed by atoms with Crippen molar-refractivity contribution in [2.24, 2.45) is 5.73 Å². The van der Waals surface area contributed by atoms with E-state index in [9.17, 15) is 4.79 Å². The lowest BCUT2D eigenvalue weighted by atomic mass is 10.2. The van der Waals surface area contributed by atoms with Gasteiger partial charge in [-0.25, -0.2) is 0 Å². The highest BCUT2D eigenvalue weighted by Crippen LogP contribution is 2.20. The molecule has 2 N–H and O–H groups in total. The van der Waals surface area contributed by atoms with Crippen molar-refractivity contribution >= 4 is 39.0 Å². The molecule has 0 spiro atoms. The van der Waals surface area contributed by atoms with Gasteiger partial charge in [0.1, 0.15) is 0 Å². The van der Waals surface area contributed by atoms with Crippen LogP contribution in [0.15, 0.2) is 21.4 Å². The van der Waals surface area contributed by atoms with Crippen molar-refractivity contribution in [2.75, 3.05) is 6.54 Å². The molecule has 0 saturated carbocycles. The average Bonchev–Trinajstić information content (AvgIpc) is 2.59. The summed E-state index contributed by atoms with van der Waals surface area (Å²) in [5.41, 5.74) is 5.94. The average molecular weight is 305 g/mol. The Bertz CT molecular complexity index is 403. The Labute approximate surface area is 108 Å². The summed E-state index contributed by atoms with van der Waals surface area (Å²) in [7, 11) is 0. The number of amides is 1. The summed E-state index contributed by atoms with van der Waals surface area (Å²) >= 11 is 7.99. The molecular formula is C10H13BrN2O2S. The van der Waals surface area contributed by atoms with E-state index in [4.69, 9.17) is 22.4 Å². The van der Waals surface area contributed by atoms with E-state index >= 15 is 0 Å². The molecule has 1 amide bonds. The summed E-state index contributed by atoms with van der Waals surface area (Å²) in [6.07, 6.45) is 1.45. The van der Waals surface area contributed by atoms with Gasteiger partial charge in [-0.2, -0.15) is 0 Å². The number of rotatable bonds is 4. The minimum absolute atomic E-state index is 0.0239. The van der Waals surface area contributed by atoms with E-state index in [2.05, 4.69) is 15.9 Å². The van der Waals surface area contributed by atoms with E-state index in [-0.39, 0.29) is 18.5 Å². The van der Waals surface area contributed by atoms with Crippen LogP contribution in [-0.4, -0.2) is 28.4 Å². The summed E-state index contributed by atoms with van der Waals surface area (Å²) in [5.74, 6) is -0.150. The third-order valence-electron chi connectivity index (χ3n) is 2.06. The molecule has 1 heterocycles. The first-order valence-corrected chi connectivity index (χ1v) is 5.96. The molecule has 0 aliphatic rings. The Morgan fingerprint density at radius 3 is 2.69 bits per heavy atom. The molecule has 0 aliphatic heterocycles. The Morgan fingerprint density at radius 2 is 2.31 bits per heavy atom. The predicted octanol–water partition coefficient (Wildman–Crippen LogP) is 2.18. The van der Waals surface area contributed by atoms with Gasteiger partial charge in [0.15, 0.2) is 4.67 Å². The molecule has 6 heteroatoms. The number of thiocarbonyl (C=S) groups is 1. The molecule has 0 bridgehead atoms. The van der Waals surface area contributed by atoms with Gasteiger partial charge in [0.05, 0.1) is 23.4 Å². The first-order valence-electron chi connectivity index (χ1n) is 4.75. The zero-order valence-electron chi connectivity index (χ0n) is 9.07. The minimum Gasteiger partial charge on any atom is -0.457 e. The molecule has 16 heavy (non-hydrogen) atoms. The quantitative estimate of drug-likeness (QED) is 0.866. The molecule has 0 unspecified atom stereocenters. The van der Waals surface area contributed by atoms with Crippen molar-refractivity contribution in [3.63, 3.8) is 0 Å². The number of carbonyl (C=O) groups excluding carboxylic acids is 1. The summed E-state index contributed by atoms with van der Waals surface area (Å²) in [4.78, 5) is 14.0. The molecule has 1 aromatic heterocycles. The summed E-state index contributed by atoms with van der Waals surface area (Å²) in [5, 5.41) is 0. The van der Waals surface area contributed by atoms with E-state index < -0.39 is 0 Å². The Morgan fingerprint density at radius 1 is 1.69 bits per heavy atom. The highest BCUT2D eigenvalue weighted by Gasteiger charge is 2.22. The number of furan rings is 1. The maximum absolute atomic E-state index is 12.1. The van der Waals surface area contributed by atoms with Crippen molar-refractivity contribution in [1.29, 1.82) is 0 Å². The maximum Gasteiger partial charge on any atom is 0.258 e. The molecule has 0 saturated heterocycles. The molecule has 1 rings (SSSR count).